The Morgan fingerprint density at radius 3 is 2.41 bits per heavy atom. The summed E-state index contributed by atoms with van der Waals surface area (Å²) < 4.78 is 7.11. The van der Waals surface area contributed by atoms with E-state index >= 15 is 0 Å². The molecule has 0 unspecified atom stereocenters. The van der Waals surface area contributed by atoms with E-state index in [2.05, 4.69) is 21.0 Å². The molecule has 0 saturated heterocycles. The fourth-order valence-electron chi connectivity index (χ4n) is 2.59. The Morgan fingerprint density at radius 2 is 1.76 bits per heavy atom. The van der Waals surface area contributed by atoms with Crippen LogP contribution >= 0.6 is 11.8 Å². The van der Waals surface area contributed by atoms with E-state index < -0.39 is 0 Å². The number of carbonyl (C=O) groups is 2. The maximum Gasteiger partial charge on any atom is 0.269 e. The van der Waals surface area contributed by atoms with E-state index in [4.69, 9.17) is 4.74 Å². The molecule has 0 aliphatic carbocycles. The lowest BCUT2D eigenvalue weighted by Gasteiger charge is -2.09. The van der Waals surface area contributed by atoms with Gasteiger partial charge in [-0.05, 0) is 43.3 Å². The molecule has 1 heterocycles. The van der Waals surface area contributed by atoms with Gasteiger partial charge in [-0.3, -0.25) is 20.4 Å². The molecule has 0 fully saturated rings. The predicted octanol–water partition coefficient (Wildman–Crippen LogP) is 2.53. The van der Waals surface area contributed by atoms with Crippen molar-refractivity contribution in [1.29, 1.82) is 0 Å². The van der Waals surface area contributed by atoms with E-state index in [-0.39, 0.29) is 17.6 Å². The number of methoxy groups -OCH3 is 1. The topological polar surface area (TPSA) is 98.1 Å². The fraction of sp³-hybridized carbons (Fsp3) is 0.200. The van der Waals surface area contributed by atoms with Crippen molar-refractivity contribution in [3.63, 3.8) is 0 Å². The molecule has 2 amide bonds. The standard InChI is InChI=1S/C20H21N5O3S/c1-3-25-18(14-9-11-16(28-2)12-10-14)22-24-20(25)29-13-17(26)21-23-19(27)15-7-5-4-6-8-15/h4-12H,3,13H2,1-2H3,(H,21,26)(H,23,27). The van der Waals surface area contributed by atoms with Crippen molar-refractivity contribution in [1.82, 2.24) is 25.6 Å². The Morgan fingerprint density at radius 1 is 1.03 bits per heavy atom. The van der Waals surface area contributed by atoms with Gasteiger partial charge in [0.15, 0.2) is 11.0 Å². The van der Waals surface area contributed by atoms with Crippen LogP contribution in [-0.4, -0.2) is 39.4 Å². The van der Waals surface area contributed by atoms with Crippen molar-refractivity contribution >= 4 is 23.6 Å². The molecule has 8 nitrogen and oxygen atoms in total. The van der Waals surface area contributed by atoms with Crippen LogP contribution in [0.2, 0.25) is 0 Å². The van der Waals surface area contributed by atoms with Crippen LogP contribution in [0.1, 0.15) is 17.3 Å². The Balaban J connectivity index is 1.58. The quantitative estimate of drug-likeness (QED) is 0.458. The molecule has 0 aliphatic heterocycles. The van der Waals surface area contributed by atoms with E-state index in [0.717, 1.165) is 17.1 Å². The first kappa shape index (κ1) is 20.4. The first-order valence-electron chi connectivity index (χ1n) is 8.97. The second-order valence-electron chi connectivity index (χ2n) is 5.94. The van der Waals surface area contributed by atoms with Crippen molar-refractivity contribution in [2.45, 2.75) is 18.6 Å². The minimum atomic E-state index is -0.373. The zero-order valence-electron chi connectivity index (χ0n) is 16.1. The second-order valence-corrected chi connectivity index (χ2v) is 6.88. The number of benzene rings is 2. The molecule has 29 heavy (non-hydrogen) atoms. The Bertz CT molecular complexity index is 974. The highest BCUT2D eigenvalue weighted by atomic mass is 32.2. The Labute approximate surface area is 172 Å². The van der Waals surface area contributed by atoms with Crippen LogP contribution < -0.4 is 15.6 Å². The highest BCUT2D eigenvalue weighted by Crippen LogP contribution is 2.25. The SMILES string of the molecule is CCn1c(SCC(=O)NNC(=O)c2ccccc2)nnc1-c1ccc(OC)cc1. The summed E-state index contributed by atoms with van der Waals surface area (Å²) in [6, 6.07) is 16.2. The number of nitrogens with one attached hydrogen (secondary N) is 2. The highest BCUT2D eigenvalue weighted by molar-refractivity contribution is 7.99. The minimum Gasteiger partial charge on any atom is -0.497 e. The zero-order chi connectivity index (χ0) is 20.6. The molecule has 0 spiro atoms. The maximum absolute atomic E-state index is 12.1. The van der Waals surface area contributed by atoms with Crippen molar-refractivity contribution in [2.24, 2.45) is 0 Å². The average Bonchev–Trinajstić information content (AvgIpc) is 3.19. The highest BCUT2D eigenvalue weighted by Gasteiger charge is 2.15. The number of ether oxygens (including phenoxy) is 1. The van der Waals surface area contributed by atoms with Crippen molar-refractivity contribution < 1.29 is 14.3 Å². The van der Waals surface area contributed by atoms with Gasteiger partial charge < -0.3 is 9.30 Å². The molecular formula is C20H21N5O3S. The van der Waals surface area contributed by atoms with Gasteiger partial charge in [-0.1, -0.05) is 30.0 Å². The Hall–Kier alpha value is -3.33. The van der Waals surface area contributed by atoms with Gasteiger partial charge >= 0.3 is 0 Å². The number of amides is 2. The molecule has 2 N–H and O–H groups in total. The van der Waals surface area contributed by atoms with Gasteiger partial charge in [0.05, 0.1) is 12.9 Å². The van der Waals surface area contributed by atoms with E-state index in [1.807, 2.05) is 41.8 Å². The fourth-order valence-corrected chi connectivity index (χ4v) is 3.39. The number of nitrogens with zero attached hydrogens (tertiary/aromatic N) is 3. The van der Waals surface area contributed by atoms with Crippen LogP contribution in [0.4, 0.5) is 0 Å². The summed E-state index contributed by atoms with van der Waals surface area (Å²) in [5.41, 5.74) is 6.18. The molecule has 1 aromatic heterocycles. The second kappa shape index (κ2) is 9.74. The largest absolute Gasteiger partial charge is 0.497 e. The summed E-state index contributed by atoms with van der Waals surface area (Å²) in [5, 5.41) is 9.08. The molecule has 2 aromatic carbocycles. The summed E-state index contributed by atoms with van der Waals surface area (Å²) in [6.07, 6.45) is 0. The number of hydrazine groups is 1. The van der Waals surface area contributed by atoms with Gasteiger partial charge in [0.25, 0.3) is 5.91 Å². The van der Waals surface area contributed by atoms with Crippen molar-refractivity contribution in [2.75, 3.05) is 12.9 Å². The molecule has 0 aliphatic rings. The van der Waals surface area contributed by atoms with Crippen LogP contribution in [0, 0.1) is 0 Å². The van der Waals surface area contributed by atoms with Crippen LogP contribution in [0.3, 0.4) is 0 Å². The lowest BCUT2D eigenvalue weighted by atomic mass is 10.2. The van der Waals surface area contributed by atoms with Crippen LogP contribution in [0.5, 0.6) is 5.75 Å². The number of thioether (sulfide) groups is 1. The zero-order valence-corrected chi connectivity index (χ0v) is 16.9. The summed E-state index contributed by atoms with van der Waals surface area (Å²) >= 11 is 1.25. The van der Waals surface area contributed by atoms with Gasteiger partial charge in [0.1, 0.15) is 5.75 Å². The first-order valence-corrected chi connectivity index (χ1v) is 9.95. The molecule has 9 heteroatoms. The average molecular weight is 411 g/mol. The van der Waals surface area contributed by atoms with Gasteiger partial charge in [-0.2, -0.15) is 0 Å². The Kier molecular flexibility index (Phi) is 6.85. The minimum absolute atomic E-state index is 0.0931. The van der Waals surface area contributed by atoms with Crippen LogP contribution in [-0.2, 0) is 11.3 Å². The predicted molar refractivity (Wildman–Crippen MR) is 110 cm³/mol. The number of hydrogen-bond acceptors (Lipinski definition) is 6. The molecule has 3 aromatic rings. The third-order valence-electron chi connectivity index (χ3n) is 4.07. The number of hydrogen-bond donors (Lipinski definition) is 2. The molecule has 150 valence electrons. The lowest BCUT2D eigenvalue weighted by Crippen LogP contribution is -2.42. The van der Waals surface area contributed by atoms with Gasteiger partial charge in [-0.25, -0.2) is 0 Å². The molecular weight excluding hydrogens is 390 g/mol. The van der Waals surface area contributed by atoms with Gasteiger partial charge in [-0.15, -0.1) is 10.2 Å². The summed E-state index contributed by atoms with van der Waals surface area (Å²) in [5.74, 6) is 0.865. The normalized spacial score (nSPS) is 10.4. The summed E-state index contributed by atoms with van der Waals surface area (Å²) in [6.45, 7) is 2.64. The number of rotatable bonds is 7. The number of aromatic nitrogens is 3. The van der Waals surface area contributed by atoms with Crippen LogP contribution in [0.25, 0.3) is 11.4 Å². The molecule has 0 atom stereocenters. The number of carbonyl (C=O) groups excluding carboxylic acids is 2. The van der Waals surface area contributed by atoms with E-state index in [0.29, 0.717) is 17.3 Å². The molecule has 0 radical (unpaired) electrons. The monoisotopic (exact) mass is 411 g/mol. The summed E-state index contributed by atoms with van der Waals surface area (Å²) in [7, 11) is 1.62. The van der Waals surface area contributed by atoms with Crippen molar-refractivity contribution in [3.05, 3.63) is 60.2 Å². The molecule has 0 saturated carbocycles. The molecule has 0 bridgehead atoms. The molecule has 3 rings (SSSR count). The lowest BCUT2D eigenvalue weighted by molar-refractivity contribution is -0.119. The smallest absolute Gasteiger partial charge is 0.269 e. The van der Waals surface area contributed by atoms with E-state index in [9.17, 15) is 9.59 Å². The third kappa shape index (κ3) is 5.14. The van der Waals surface area contributed by atoms with Crippen molar-refractivity contribution in [3.8, 4) is 17.1 Å². The maximum atomic E-state index is 12.1. The van der Waals surface area contributed by atoms with Gasteiger partial charge in [0.2, 0.25) is 5.91 Å². The first-order chi connectivity index (χ1) is 14.1. The third-order valence-corrected chi connectivity index (χ3v) is 5.03. The van der Waals surface area contributed by atoms with E-state index in [1.54, 1.807) is 31.4 Å². The summed E-state index contributed by atoms with van der Waals surface area (Å²) in [4.78, 5) is 24.0. The van der Waals surface area contributed by atoms with E-state index in [1.165, 1.54) is 11.8 Å². The van der Waals surface area contributed by atoms with Gasteiger partial charge in [0, 0.05) is 17.7 Å². The van der Waals surface area contributed by atoms with Crippen LogP contribution in [0.15, 0.2) is 59.8 Å².